The lowest BCUT2D eigenvalue weighted by Gasteiger charge is -2.12. The van der Waals surface area contributed by atoms with E-state index in [1.807, 2.05) is 31.2 Å². The van der Waals surface area contributed by atoms with E-state index in [0.29, 0.717) is 5.82 Å². The van der Waals surface area contributed by atoms with Crippen LogP contribution in [-0.2, 0) is 6.61 Å². The van der Waals surface area contributed by atoms with Crippen molar-refractivity contribution < 1.29 is 5.11 Å². The highest BCUT2D eigenvalue weighted by molar-refractivity contribution is 9.10. The highest BCUT2D eigenvalue weighted by Crippen LogP contribution is 2.27. The molecule has 0 radical (unpaired) electrons. The lowest BCUT2D eigenvalue weighted by Crippen LogP contribution is -2.01. The van der Waals surface area contributed by atoms with Crippen LogP contribution in [0.3, 0.4) is 0 Å². The van der Waals surface area contributed by atoms with Crippen molar-refractivity contribution in [2.24, 2.45) is 0 Å². The van der Waals surface area contributed by atoms with Crippen LogP contribution in [0.25, 0.3) is 10.9 Å². The number of fused-ring (bicyclic) bond motifs is 1. The van der Waals surface area contributed by atoms with Crippen LogP contribution in [0.4, 0.5) is 11.5 Å². The van der Waals surface area contributed by atoms with Gasteiger partial charge in [0, 0.05) is 33.0 Å². The minimum absolute atomic E-state index is 0.0810. The molecule has 0 bridgehead atoms. The Balaban J connectivity index is 2.10. The van der Waals surface area contributed by atoms with Gasteiger partial charge in [0.05, 0.1) is 12.1 Å². The largest absolute Gasteiger partial charge is 0.392 e. The maximum Gasteiger partial charge on any atom is 0.141 e. The number of hydrogen-bond donors (Lipinski definition) is 2. The average Bonchev–Trinajstić information content (AvgIpc) is 2.48. The Hall–Kier alpha value is -2.05. The van der Waals surface area contributed by atoms with Gasteiger partial charge in [-0.15, -0.1) is 0 Å². The van der Waals surface area contributed by atoms with Gasteiger partial charge in [-0.25, -0.2) is 9.97 Å². The van der Waals surface area contributed by atoms with E-state index in [-0.39, 0.29) is 6.61 Å². The fourth-order valence-electron chi connectivity index (χ4n) is 2.09. The van der Waals surface area contributed by atoms with E-state index in [1.54, 1.807) is 6.20 Å². The summed E-state index contributed by atoms with van der Waals surface area (Å²) in [5.41, 5.74) is 3.24. The number of aromatic nitrogens is 3. The highest BCUT2D eigenvalue weighted by Gasteiger charge is 2.08. The van der Waals surface area contributed by atoms with Crippen molar-refractivity contribution in [3.8, 4) is 0 Å². The van der Waals surface area contributed by atoms with Gasteiger partial charge >= 0.3 is 0 Å². The van der Waals surface area contributed by atoms with Gasteiger partial charge in [-0.1, -0.05) is 15.9 Å². The Morgan fingerprint density at radius 3 is 2.86 bits per heavy atom. The van der Waals surface area contributed by atoms with Crippen LogP contribution >= 0.6 is 15.9 Å². The summed E-state index contributed by atoms with van der Waals surface area (Å²) in [5, 5.41) is 13.6. The first-order valence-electron chi connectivity index (χ1n) is 6.41. The molecule has 0 aliphatic heterocycles. The van der Waals surface area contributed by atoms with Gasteiger partial charge in [-0.2, -0.15) is 0 Å². The van der Waals surface area contributed by atoms with E-state index < -0.39 is 0 Å². The molecule has 6 heteroatoms. The van der Waals surface area contributed by atoms with Crippen LogP contribution < -0.4 is 5.32 Å². The first kappa shape index (κ1) is 13.9. The van der Waals surface area contributed by atoms with Gasteiger partial charge in [0.2, 0.25) is 0 Å². The summed E-state index contributed by atoms with van der Waals surface area (Å²) in [4.78, 5) is 12.7. The Morgan fingerprint density at radius 2 is 2.05 bits per heavy atom. The minimum Gasteiger partial charge on any atom is -0.392 e. The third-order valence-electron chi connectivity index (χ3n) is 3.14. The smallest absolute Gasteiger partial charge is 0.141 e. The summed E-state index contributed by atoms with van der Waals surface area (Å²) in [6.45, 7) is 1.82. The molecule has 21 heavy (non-hydrogen) atoms. The number of pyridine rings is 1. The molecule has 0 unspecified atom stereocenters. The second-order valence-corrected chi connectivity index (χ2v) is 5.57. The molecule has 0 aliphatic carbocycles. The number of halogens is 1. The standard InChI is InChI=1S/C15H13BrN4O/c1-9-4-14(10(7-21)6-17-9)20-15-12-5-11(16)2-3-13(12)18-8-19-15/h2-6,8,21H,7H2,1H3,(H,17,18,19,20). The van der Waals surface area contributed by atoms with Gasteiger partial charge in [-0.05, 0) is 31.2 Å². The molecule has 106 valence electrons. The molecule has 5 nitrogen and oxygen atoms in total. The number of anilines is 2. The Bertz CT molecular complexity index is 807. The normalized spacial score (nSPS) is 10.8. The third-order valence-corrected chi connectivity index (χ3v) is 3.64. The molecule has 2 N–H and O–H groups in total. The van der Waals surface area contributed by atoms with Crippen LogP contribution in [0.2, 0.25) is 0 Å². The second kappa shape index (κ2) is 5.75. The van der Waals surface area contributed by atoms with Crippen molar-refractivity contribution in [3.63, 3.8) is 0 Å². The monoisotopic (exact) mass is 344 g/mol. The lowest BCUT2D eigenvalue weighted by molar-refractivity contribution is 0.282. The average molecular weight is 345 g/mol. The van der Waals surface area contributed by atoms with Gasteiger partial charge in [0.15, 0.2) is 0 Å². The molecule has 3 aromatic rings. The number of aryl methyl sites for hydroxylation is 1. The van der Waals surface area contributed by atoms with Crippen LogP contribution in [0.15, 0.2) is 41.3 Å². The molecular formula is C15H13BrN4O. The van der Waals surface area contributed by atoms with Crippen molar-refractivity contribution in [3.05, 3.63) is 52.5 Å². The van der Waals surface area contributed by atoms with Gasteiger partial charge < -0.3 is 10.4 Å². The van der Waals surface area contributed by atoms with E-state index in [0.717, 1.165) is 32.3 Å². The van der Waals surface area contributed by atoms with E-state index in [4.69, 9.17) is 0 Å². The van der Waals surface area contributed by atoms with Crippen LogP contribution in [-0.4, -0.2) is 20.1 Å². The Labute approximate surface area is 130 Å². The summed E-state index contributed by atoms with van der Waals surface area (Å²) in [6, 6.07) is 7.72. The zero-order valence-corrected chi connectivity index (χ0v) is 12.9. The van der Waals surface area contributed by atoms with Gasteiger partial charge in [0.1, 0.15) is 12.1 Å². The Morgan fingerprint density at radius 1 is 1.19 bits per heavy atom. The van der Waals surface area contributed by atoms with Crippen molar-refractivity contribution in [1.82, 2.24) is 15.0 Å². The lowest BCUT2D eigenvalue weighted by atomic mass is 10.2. The van der Waals surface area contributed by atoms with E-state index in [9.17, 15) is 5.11 Å². The molecular weight excluding hydrogens is 332 g/mol. The summed E-state index contributed by atoms with van der Waals surface area (Å²) >= 11 is 3.46. The predicted octanol–water partition coefficient (Wildman–Crippen LogP) is 3.33. The molecule has 0 amide bonds. The maximum absolute atomic E-state index is 9.42. The number of benzene rings is 1. The quantitative estimate of drug-likeness (QED) is 0.762. The molecule has 0 saturated heterocycles. The molecule has 0 aliphatic rings. The summed E-state index contributed by atoms with van der Waals surface area (Å²) in [7, 11) is 0. The Kier molecular flexibility index (Phi) is 3.81. The van der Waals surface area contributed by atoms with E-state index in [2.05, 4.69) is 36.2 Å². The third kappa shape index (κ3) is 2.86. The maximum atomic E-state index is 9.42. The number of nitrogens with one attached hydrogen (secondary N) is 1. The summed E-state index contributed by atoms with van der Waals surface area (Å²) in [6.07, 6.45) is 3.18. The fraction of sp³-hybridized carbons (Fsp3) is 0.133. The SMILES string of the molecule is Cc1cc(Nc2ncnc3ccc(Br)cc23)c(CO)cn1. The van der Waals surface area contributed by atoms with Gasteiger partial charge in [0.25, 0.3) is 0 Å². The molecule has 2 heterocycles. The fourth-order valence-corrected chi connectivity index (χ4v) is 2.45. The number of aliphatic hydroxyl groups is 1. The van der Waals surface area contributed by atoms with Crippen LogP contribution in [0.5, 0.6) is 0 Å². The van der Waals surface area contributed by atoms with Crippen LogP contribution in [0, 0.1) is 6.92 Å². The van der Waals surface area contributed by atoms with Crippen molar-refractivity contribution in [2.45, 2.75) is 13.5 Å². The highest BCUT2D eigenvalue weighted by atomic mass is 79.9. The topological polar surface area (TPSA) is 70.9 Å². The number of rotatable bonds is 3. The zero-order valence-electron chi connectivity index (χ0n) is 11.3. The first-order valence-corrected chi connectivity index (χ1v) is 7.20. The minimum atomic E-state index is -0.0810. The van der Waals surface area contributed by atoms with Crippen molar-refractivity contribution in [2.75, 3.05) is 5.32 Å². The molecule has 0 fully saturated rings. The van der Waals surface area contributed by atoms with Crippen molar-refractivity contribution in [1.29, 1.82) is 0 Å². The molecule has 0 spiro atoms. The summed E-state index contributed by atoms with van der Waals surface area (Å²) < 4.78 is 0.959. The molecule has 3 rings (SSSR count). The predicted molar refractivity (Wildman–Crippen MR) is 85.4 cm³/mol. The molecule has 2 aromatic heterocycles. The molecule has 0 saturated carbocycles. The number of hydrogen-bond acceptors (Lipinski definition) is 5. The first-order chi connectivity index (χ1) is 10.2. The van der Waals surface area contributed by atoms with Crippen molar-refractivity contribution >= 4 is 38.3 Å². The van der Waals surface area contributed by atoms with Crippen LogP contribution in [0.1, 0.15) is 11.3 Å². The molecule has 1 aromatic carbocycles. The number of nitrogens with zero attached hydrogens (tertiary/aromatic N) is 3. The number of aliphatic hydroxyl groups excluding tert-OH is 1. The van der Waals surface area contributed by atoms with E-state index >= 15 is 0 Å². The second-order valence-electron chi connectivity index (χ2n) is 4.65. The van der Waals surface area contributed by atoms with Gasteiger partial charge in [-0.3, -0.25) is 4.98 Å². The molecule has 0 atom stereocenters. The zero-order chi connectivity index (χ0) is 14.8. The van der Waals surface area contributed by atoms with E-state index in [1.165, 1.54) is 6.33 Å². The summed E-state index contributed by atoms with van der Waals surface area (Å²) in [5.74, 6) is 0.696.